The molecule has 0 saturated carbocycles. The molecule has 1 heterocycles. The molecule has 142 valence electrons. The van der Waals surface area contributed by atoms with E-state index >= 15 is 0 Å². The van der Waals surface area contributed by atoms with Crippen LogP contribution < -0.4 is 0 Å². The van der Waals surface area contributed by atoms with Crippen molar-refractivity contribution in [3.63, 3.8) is 0 Å². The fourth-order valence-electron chi connectivity index (χ4n) is 3.68. The molecule has 2 aromatic rings. The van der Waals surface area contributed by atoms with E-state index < -0.39 is 0 Å². The van der Waals surface area contributed by atoms with Crippen molar-refractivity contribution in [2.75, 3.05) is 0 Å². The van der Waals surface area contributed by atoms with Gasteiger partial charge in [0.2, 0.25) is 0 Å². The van der Waals surface area contributed by atoms with E-state index in [1.807, 2.05) is 0 Å². The summed E-state index contributed by atoms with van der Waals surface area (Å²) >= 11 is 0. The molecule has 0 aromatic heterocycles. The lowest BCUT2D eigenvalue weighted by Crippen LogP contribution is -2.41. The van der Waals surface area contributed by atoms with E-state index in [1.165, 1.54) is 22.3 Å². The lowest BCUT2D eigenvalue weighted by atomic mass is 9.74. The summed E-state index contributed by atoms with van der Waals surface area (Å²) in [5.41, 5.74) is 4.58. The van der Waals surface area contributed by atoms with E-state index in [1.54, 1.807) is 0 Å². The third-order valence-corrected chi connectivity index (χ3v) is 6.00. The number of allylic oxidation sites excluding steroid dienone is 2. The highest BCUT2D eigenvalue weighted by atomic mass is 16.7. The highest BCUT2D eigenvalue weighted by Gasteiger charge is 2.51. The lowest BCUT2D eigenvalue weighted by Gasteiger charge is -2.32. The average molecular weight is 362 g/mol. The third-order valence-electron chi connectivity index (χ3n) is 6.00. The van der Waals surface area contributed by atoms with Gasteiger partial charge in [-0.25, -0.2) is 0 Å². The molecule has 1 atom stereocenters. The first-order valence-corrected chi connectivity index (χ1v) is 9.84. The molecule has 1 aliphatic heterocycles. The maximum Gasteiger partial charge on any atom is 0.458 e. The van der Waals surface area contributed by atoms with Gasteiger partial charge >= 0.3 is 7.12 Å². The summed E-state index contributed by atoms with van der Waals surface area (Å²) in [7, 11) is -0.207. The van der Waals surface area contributed by atoms with Crippen molar-refractivity contribution in [2.45, 2.75) is 65.0 Å². The Kier molecular flexibility index (Phi) is 5.64. The van der Waals surface area contributed by atoms with Gasteiger partial charge in [-0.05, 0) is 70.1 Å². The molecule has 2 nitrogen and oxygen atoms in total. The second kappa shape index (κ2) is 7.65. The highest BCUT2D eigenvalue weighted by molar-refractivity contribution is 6.45. The Morgan fingerprint density at radius 1 is 0.926 bits per heavy atom. The Morgan fingerprint density at radius 2 is 1.48 bits per heavy atom. The standard InChI is InChI=1S/C24H31BO2/c1-18-12-10-11-15-22(18)19(2)16-21(20-13-8-7-9-14-20)17-25-26-23(3,4)24(5,6)27-25/h7-16,21H,17H2,1-6H3/b19-16+. The molecule has 1 saturated heterocycles. The van der Waals surface area contributed by atoms with Crippen LogP contribution >= 0.6 is 0 Å². The summed E-state index contributed by atoms with van der Waals surface area (Å²) < 4.78 is 12.6. The molecule has 0 bridgehead atoms. The van der Waals surface area contributed by atoms with Crippen LogP contribution in [0.1, 0.15) is 57.2 Å². The largest absolute Gasteiger partial charge is 0.458 e. The molecule has 1 unspecified atom stereocenters. The predicted octanol–water partition coefficient (Wildman–Crippen LogP) is 6.27. The van der Waals surface area contributed by atoms with Crippen molar-refractivity contribution in [3.05, 3.63) is 77.4 Å². The molecule has 1 aliphatic rings. The number of hydrogen-bond donors (Lipinski definition) is 0. The monoisotopic (exact) mass is 362 g/mol. The van der Waals surface area contributed by atoms with Crippen LogP contribution in [0.3, 0.4) is 0 Å². The zero-order valence-electron chi connectivity index (χ0n) is 17.5. The first-order chi connectivity index (χ1) is 12.7. The quantitative estimate of drug-likeness (QED) is 0.583. The van der Waals surface area contributed by atoms with Crippen LogP contribution in [0.2, 0.25) is 6.32 Å². The second-order valence-electron chi connectivity index (χ2n) is 8.60. The Hall–Kier alpha value is -1.84. The van der Waals surface area contributed by atoms with E-state index in [-0.39, 0.29) is 24.2 Å². The minimum atomic E-state index is -0.298. The molecule has 0 radical (unpaired) electrons. The zero-order chi connectivity index (χ0) is 19.7. The Balaban J connectivity index is 1.89. The van der Waals surface area contributed by atoms with Crippen molar-refractivity contribution in [1.29, 1.82) is 0 Å². The second-order valence-corrected chi connectivity index (χ2v) is 8.60. The van der Waals surface area contributed by atoms with E-state index in [9.17, 15) is 0 Å². The minimum absolute atomic E-state index is 0.207. The van der Waals surface area contributed by atoms with E-state index in [0.29, 0.717) is 0 Å². The summed E-state index contributed by atoms with van der Waals surface area (Å²) in [4.78, 5) is 0. The molecular weight excluding hydrogens is 331 g/mol. The molecule has 0 N–H and O–H groups in total. The van der Waals surface area contributed by atoms with Gasteiger partial charge in [0.1, 0.15) is 0 Å². The van der Waals surface area contributed by atoms with Crippen LogP contribution in [-0.4, -0.2) is 18.3 Å². The third kappa shape index (κ3) is 4.36. The van der Waals surface area contributed by atoms with Gasteiger partial charge < -0.3 is 9.31 Å². The lowest BCUT2D eigenvalue weighted by molar-refractivity contribution is 0.00578. The SMILES string of the molecule is C/C(=C\C(CB1OC(C)(C)C(C)(C)O1)c1ccccc1)c1ccccc1C. The number of rotatable bonds is 5. The van der Waals surface area contributed by atoms with Gasteiger partial charge in [-0.1, -0.05) is 60.7 Å². The first kappa shape index (κ1) is 19.9. The molecule has 27 heavy (non-hydrogen) atoms. The topological polar surface area (TPSA) is 18.5 Å². The van der Waals surface area contributed by atoms with Crippen LogP contribution in [0, 0.1) is 6.92 Å². The molecule has 0 aliphatic carbocycles. The van der Waals surface area contributed by atoms with Crippen molar-refractivity contribution < 1.29 is 9.31 Å². The van der Waals surface area contributed by atoms with Gasteiger partial charge in [0.15, 0.2) is 0 Å². The Morgan fingerprint density at radius 3 is 2.07 bits per heavy atom. The summed E-state index contributed by atoms with van der Waals surface area (Å²) in [6.45, 7) is 12.8. The zero-order valence-corrected chi connectivity index (χ0v) is 17.5. The van der Waals surface area contributed by atoms with Crippen LogP contribution in [-0.2, 0) is 9.31 Å². The van der Waals surface area contributed by atoms with Crippen LogP contribution in [0.4, 0.5) is 0 Å². The molecule has 2 aromatic carbocycles. The maximum absolute atomic E-state index is 6.28. The Labute approximate surface area is 164 Å². The van der Waals surface area contributed by atoms with Gasteiger partial charge in [-0.3, -0.25) is 0 Å². The smallest absolute Gasteiger partial charge is 0.403 e. The number of benzene rings is 2. The Bertz CT molecular complexity index is 792. The van der Waals surface area contributed by atoms with Crippen molar-refractivity contribution in [2.24, 2.45) is 0 Å². The van der Waals surface area contributed by atoms with E-state index in [2.05, 4.69) is 102 Å². The first-order valence-electron chi connectivity index (χ1n) is 9.84. The molecule has 3 heteroatoms. The summed E-state index contributed by atoms with van der Waals surface area (Å²) in [5, 5.41) is 0. The highest BCUT2D eigenvalue weighted by Crippen LogP contribution is 2.40. The number of hydrogen-bond acceptors (Lipinski definition) is 2. The summed E-state index contributed by atoms with van der Waals surface area (Å²) in [6.07, 6.45) is 3.17. The fraction of sp³-hybridized carbons (Fsp3) is 0.417. The molecule has 3 rings (SSSR count). The maximum atomic E-state index is 6.28. The summed E-state index contributed by atoms with van der Waals surface area (Å²) in [5.74, 6) is 0.237. The van der Waals surface area contributed by atoms with Gasteiger partial charge in [0.25, 0.3) is 0 Å². The van der Waals surface area contributed by atoms with Gasteiger partial charge in [0, 0.05) is 5.92 Å². The number of aryl methyl sites for hydroxylation is 1. The van der Waals surface area contributed by atoms with Crippen molar-refractivity contribution in [3.8, 4) is 0 Å². The van der Waals surface area contributed by atoms with Crippen molar-refractivity contribution in [1.82, 2.24) is 0 Å². The van der Waals surface area contributed by atoms with E-state index in [4.69, 9.17) is 9.31 Å². The molecule has 0 amide bonds. The average Bonchev–Trinajstić information content (AvgIpc) is 2.82. The van der Waals surface area contributed by atoms with Gasteiger partial charge in [0.05, 0.1) is 11.2 Å². The molecule has 0 spiro atoms. The minimum Gasteiger partial charge on any atom is -0.403 e. The fourth-order valence-corrected chi connectivity index (χ4v) is 3.68. The normalized spacial score (nSPS) is 19.9. The summed E-state index contributed by atoms with van der Waals surface area (Å²) in [6, 6.07) is 19.2. The predicted molar refractivity (Wildman–Crippen MR) is 115 cm³/mol. The van der Waals surface area contributed by atoms with Crippen LogP contribution in [0.25, 0.3) is 5.57 Å². The van der Waals surface area contributed by atoms with Crippen molar-refractivity contribution >= 4 is 12.7 Å². The van der Waals surface area contributed by atoms with Crippen LogP contribution in [0.15, 0.2) is 60.7 Å². The van der Waals surface area contributed by atoms with Gasteiger partial charge in [-0.15, -0.1) is 0 Å². The van der Waals surface area contributed by atoms with E-state index in [0.717, 1.165) is 6.32 Å². The molecular formula is C24H31BO2. The van der Waals surface area contributed by atoms with Gasteiger partial charge in [-0.2, -0.15) is 0 Å². The molecule has 1 fully saturated rings. The van der Waals surface area contributed by atoms with Crippen LogP contribution in [0.5, 0.6) is 0 Å².